The number of ketones is 1. The van der Waals surface area contributed by atoms with Gasteiger partial charge in [-0.3, -0.25) is 0 Å². The van der Waals surface area contributed by atoms with Gasteiger partial charge in [-0.1, -0.05) is 32.0 Å². The Balaban J connectivity index is 2.70. The molecule has 2 heteroatoms. The maximum Gasteiger partial charge on any atom is 0.129 e. The molecule has 0 unspecified atom stereocenters. The highest BCUT2D eigenvalue weighted by Gasteiger charge is 2.22. The molecule has 0 saturated heterocycles. The van der Waals surface area contributed by atoms with E-state index in [0.29, 0.717) is 12.2 Å². The number of rotatable bonds is 5. The van der Waals surface area contributed by atoms with E-state index in [1.54, 1.807) is 13.0 Å². The van der Waals surface area contributed by atoms with Crippen molar-refractivity contribution in [2.75, 3.05) is 0 Å². The van der Waals surface area contributed by atoms with Gasteiger partial charge < -0.3 is 9.90 Å². The molecule has 1 N–H and O–H groups in total. The highest BCUT2D eigenvalue weighted by atomic mass is 16.3. The summed E-state index contributed by atoms with van der Waals surface area (Å²) in [5, 5.41) is 9.79. The van der Waals surface area contributed by atoms with E-state index in [2.05, 4.69) is 13.8 Å². The fourth-order valence-electron chi connectivity index (χ4n) is 1.96. The summed E-state index contributed by atoms with van der Waals surface area (Å²) in [6.45, 7) is 5.82. The third kappa shape index (κ3) is 3.37. The van der Waals surface area contributed by atoms with Gasteiger partial charge in [-0.2, -0.15) is 0 Å². The Hall–Kier alpha value is -1.31. The molecule has 1 aromatic carbocycles. The van der Waals surface area contributed by atoms with Gasteiger partial charge >= 0.3 is 0 Å². The molecule has 2 nitrogen and oxygen atoms in total. The van der Waals surface area contributed by atoms with Crippen LogP contribution in [0.5, 0.6) is 5.75 Å². The number of phenolic OH excluding ortho intramolecular Hbond substituents is 1. The number of hydrogen-bond donors (Lipinski definition) is 1. The first kappa shape index (κ1) is 12.8. The Morgan fingerprint density at radius 1 is 1.31 bits per heavy atom. The zero-order valence-corrected chi connectivity index (χ0v) is 10.3. The standard InChI is InChI=1S/C14H20O2/c1-11(15)7-6-10-14(2,3)12-8-4-5-9-13(12)16/h4-5,8-9,16H,6-7,10H2,1-3H3. The van der Waals surface area contributed by atoms with Crippen molar-refractivity contribution in [2.24, 2.45) is 0 Å². The molecule has 0 saturated carbocycles. The van der Waals surface area contributed by atoms with Crippen molar-refractivity contribution in [1.82, 2.24) is 0 Å². The molecular weight excluding hydrogens is 200 g/mol. The van der Waals surface area contributed by atoms with Crippen LogP contribution in [0.25, 0.3) is 0 Å². The molecular formula is C14H20O2. The summed E-state index contributed by atoms with van der Waals surface area (Å²) >= 11 is 0. The lowest BCUT2D eigenvalue weighted by molar-refractivity contribution is -0.117. The van der Waals surface area contributed by atoms with Crippen LogP contribution in [0.3, 0.4) is 0 Å². The molecule has 1 rings (SSSR count). The third-order valence-corrected chi connectivity index (χ3v) is 2.96. The van der Waals surface area contributed by atoms with E-state index in [0.717, 1.165) is 18.4 Å². The number of benzene rings is 1. The fraction of sp³-hybridized carbons (Fsp3) is 0.500. The van der Waals surface area contributed by atoms with E-state index in [-0.39, 0.29) is 11.2 Å². The minimum atomic E-state index is -0.0825. The predicted molar refractivity (Wildman–Crippen MR) is 65.7 cm³/mol. The first-order chi connectivity index (χ1) is 7.43. The SMILES string of the molecule is CC(=O)CCCC(C)(C)c1ccccc1O. The highest BCUT2D eigenvalue weighted by molar-refractivity contribution is 5.75. The molecule has 0 heterocycles. The van der Waals surface area contributed by atoms with Gasteiger partial charge in [0.1, 0.15) is 11.5 Å². The van der Waals surface area contributed by atoms with Crippen molar-refractivity contribution >= 4 is 5.78 Å². The van der Waals surface area contributed by atoms with Crippen LogP contribution in [0.2, 0.25) is 0 Å². The number of Topliss-reactive ketones (excluding diaryl/α,β-unsaturated/α-hetero) is 1. The van der Waals surface area contributed by atoms with Gasteiger partial charge in [-0.25, -0.2) is 0 Å². The summed E-state index contributed by atoms with van der Waals surface area (Å²) in [4.78, 5) is 10.9. The van der Waals surface area contributed by atoms with E-state index in [1.165, 1.54) is 0 Å². The maximum atomic E-state index is 10.9. The average Bonchev–Trinajstić information content (AvgIpc) is 2.17. The largest absolute Gasteiger partial charge is 0.508 e. The van der Waals surface area contributed by atoms with Crippen LogP contribution in [-0.4, -0.2) is 10.9 Å². The smallest absolute Gasteiger partial charge is 0.129 e. The lowest BCUT2D eigenvalue weighted by Crippen LogP contribution is -2.17. The molecule has 0 aliphatic rings. The van der Waals surface area contributed by atoms with Crippen LogP contribution in [0.15, 0.2) is 24.3 Å². The number of hydrogen-bond acceptors (Lipinski definition) is 2. The zero-order valence-electron chi connectivity index (χ0n) is 10.3. The second kappa shape index (κ2) is 5.15. The lowest BCUT2D eigenvalue weighted by Gasteiger charge is -2.25. The minimum absolute atomic E-state index is 0.0825. The van der Waals surface area contributed by atoms with Gasteiger partial charge in [-0.05, 0) is 36.8 Å². The molecule has 0 radical (unpaired) electrons. The van der Waals surface area contributed by atoms with Crippen LogP contribution in [0.4, 0.5) is 0 Å². The quantitative estimate of drug-likeness (QED) is 0.825. The van der Waals surface area contributed by atoms with Crippen molar-refractivity contribution < 1.29 is 9.90 Å². The average molecular weight is 220 g/mol. The van der Waals surface area contributed by atoms with Crippen molar-refractivity contribution in [3.8, 4) is 5.75 Å². The Kier molecular flexibility index (Phi) is 4.11. The molecule has 0 aromatic heterocycles. The molecule has 0 bridgehead atoms. The molecule has 1 aromatic rings. The van der Waals surface area contributed by atoms with Crippen molar-refractivity contribution in [3.63, 3.8) is 0 Å². The van der Waals surface area contributed by atoms with Gasteiger partial charge in [0, 0.05) is 6.42 Å². The summed E-state index contributed by atoms with van der Waals surface area (Å²) in [6, 6.07) is 7.41. The first-order valence-electron chi connectivity index (χ1n) is 5.71. The van der Waals surface area contributed by atoms with Crippen LogP contribution in [-0.2, 0) is 10.2 Å². The van der Waals surface area contributed by atoms with Gasteiger partial charge in [0.15, 0.2) is 0 Å². The Morgan fingerprint density at radius 3 is 2.50 bits per heavy atom. The molecule has 0 aliphatic heterocycles. The monoisotopic (exact) mass is 220 g/mol. The summed E-state index contributed by atoms with van der Waals surface area (Å²) in [5.41, 5.74) is 0.874. The number of carbonyl (C=O) groups is 1. The second-order valence-corrected chi connectivity index (χ2v) is 4.96. The predicted octanol–water partition coefficient (Wildman–Crippen LogP) is 3.43. The summed E-state index contributed by atoms with van der Waals surface area (Å²) in [6.07, 6.45) is 2.40. The molecule has 0 fully saturated rings. The molecule has 16 heavy (non-hydrogen) atoms. The number of aromatic hydroxyl groups is 1. The first-order valence-corrected chi connectivity index (χ1v) is 5.71. The summed E-state index contributed by atoms with van der Waals surface area (Å²) in [7, 11) is 0. The van der Waals surface area contributed by atoms with Crippen LogP contribution in [0.1, 0.15) is 45.6 Å². The minimum Gasteiger partial charge on any atom is -0.508 e. The molecule has 0 spiro atoms. The van der Waals surface area contributed by atoms with Crippen molar-refractivity contribution in [1.29, 1.82) is 0 Å². The molecule has 0 aliphatic carbocycles. The van der Waals surface area contributed by atoms with E-state index in [4.69, 9.17) is 0 Å². The van der Waals surface area contributed by atoms with Crippen molar-refractivity contribution in [3.05, 3.63) is 29.8 Å². The third-order valence-electron chi connectivity index (χ3n) is 2.96. The van der Waals surface area contributed by atoms with Crippen molar-refractivity contribution in [2.45, 2.75) is 45.4 Å². The van der Waals surface area contributed by atoms with Gasteiger partial charge in [0.05, 0.1) is 0 Å². The number of phenols is 1. The second-order valence-electron chi connectivity index (χ2n) is 4.96. The highest BCUT2D eigenvalue weighted by Crippen LogP contribution is 2.34. The molecule has 0 atom stereocenters. The fourth-order valence-corrected chi connectivity index (χ4v) is 1.96. The van der Waals surface area contributed by atoms with Gasteiger partial charge in [-0.15, -0.1) is 0 Å². The Labute approximate surface area is 97.3 Å². The number of para-hydroxylation sites is 1. The number of carbonyl (C=O) groups excluding carboxylic acids is 1. The van der Waals surface area contributed by atoms with Crippen LogP contribution >= 0.6 is 0 Å². The topological polar surface area (TPSA) is 37.3 Å². The van der Waals surface area contributed by atoms with E-state index >= 15 is 0 Å². The van der Waals surface area contributed by atoms with E-state index in [9.17, 15) is 9.90 Å². The summed E-state index contributed by atoms with van der Waals surface area (Å²) < 4.78 is 0. The Morgan fingerprint density at radius 2 is 1.94 bits per heavy atom. The molecule has 88 valence electrons. The van der Waals surface area contributed by atoms with E-state index < -0.39 is 0 Å². The zero-order chi connectivity index (χ0) is 12.2. The normalized spacial score (nSPS) is 11.4. The van der Waals surface area contributed by atoms with Crippen LogP contribution < -0.4 is 0 Å². The maximum absolute atomic E-state index is 10.9. The van der Waals surface area contributed by atoms with Gasteiger partial charge in [0.2, 0.25) is 0 Å². The Bertz CT molecular complexity index is 367. The molecule has 0 amide bonds. The van der Waals surface area contributed by atoms with Gasteiger partial charge in [0.25, 0.3) is 0 Å². The lowest BCUT2D eigenvalue weighted by atomic mass is 9.79. The summed E-state index contributed by atoms with van der Waals surface area (Å²) in [5.74, 6) is 0.573. The van der Waals surface area contributed by atoms with E-state index in [1.807, 2.05) is 18.2 Å². The van der Waals surface area contributed by atoms with Crippen LogP contribution in [0, 0.1) is 0 Å².